The second-order valence-corrected chi connectivity index (χ2v) is 7.69. The molecule has 0 bridgehead atoms. The number of nitrogen functional groups attached to an aromatic ring is 2. The third-order valence-electron chi connectivity index (χ3n) is 5.20. The molecular formula is C27H27N5O6. The predicted molar refractivity (Wildman–Crippen MR) is 141 cm³/mol. The van der Waals surface area contributed by atoms with Gasteiger partial charge in [0.15, 0.2) is 11.5 Å². The number of rotatable bonds is 9. The first kappa shape index (κ1) is 27.5. The van der Waals surface area contributed by atoms with Crippen LogP contribution in [0.15, 0.2) is 47.8 Å². The van der Waals surface area contributed by atoms with E-state index in [1.54, 1.807) is 25.3 Å². The van der Waals surface area contributed by atoms with E-state index in [4.69, 9.17) is 25.7 Å². The molecule has 3 aromatic rings. The lowest BCUT2D eigenvalue weighted by Gasteiger charge is -2.13. The number of esters is 1. The maximum absolute atomic E-state index is 12.7. The highest BCUT2D eigenvalue weighted by atomic mass is 16.6. The van der Waals surface area contributed by atoms with Gasteiger partial charge in [-0.05, 0) is 48.9 Å². The van der Waals surface area contributed by atoms with Gasteiger partial charge in [-0.3, -0.25) is 4.79 Å². The Balaban J connectivity index is 1.91. The van der Waals surface area contributed by atoms with Crippen molar-refractivity contribution in [3.8, 4) is 23.3 Å². The average molecular weight is 518 g/mol. The Morgan fingerprint density at radius 2 is 1.76 bits per heavy atom. The first-order chi connectivity index (χ1) is 18.3. The molecule has 2 aromatic carbocycles. The lowest BCUT2D eigenvalue weighted by atomic mass is 10.0. The fourth-order valence-electron chi connectivity index (χ4n) is 3.45. The topological polar surface area (TPSA) is 161 Å². The van der Waals surface area contributed by atoms with Crippen molar-refractivity contribution < 1.29 is 28.6 Å². The van der Waals surface area contributed by atoms with E-state index in [0.717, 1.165) is 5.56 Å². The Kier molecular flexibility index (Phi) is 9.21. The predicted octanol–water partition coefficient (Wildman–Crippen LogP) is 2.40. The number of nitrogens with two attached hydrogens (primary N) is 2. The van der Waals surface area contributed by atoms with Gasteiger partial charge < -0.3 is 30.5 Å². The number of aromatic nitrogens is 2. The van der Waals surface area contributed by atoms with Crippen molar-refractivity contribution in [2.24, 2.45) is 5.16 Å². The molecule has 11 nitrogen and oxygen atoms in total. The Labute approximate surface area is 219 Å². The molecule has 0 aliphatic rings. The molecule has 196 valence electrons. The highest BCUT2D eigenvalue weighted by molar-refractivity contribution is 6.67. The van der Waals surface area contributed by atoms with Crippen molar-refractivity contribution >= 4 is 29.2 Å². The summed E-state index contributed by atoms with van der Waals surface area (Å²) in [7, 11) is 4.30. The number of ketones is 1. The summed E-state index contributed by atoms with van der Waals surface area (Å²) in [5.41, 5.74) is 14.1. The number of methoxy groups -OCH3 is 2. The number of nitrogens with zero attached hydrogens (tertiary/aromatic N) is 3. The van der Waals surface area contributed by atoms with Crippen molar-refractivity contribution in [3.05, 3.63) is 70.4 Å². The van der Waals surface area contributed by atoms with Crippen molar-refractivity contribution in [1.82, 2.24) is 9.97 Å². The maximum atomic E-state index is 12.7. The van der Waals surface area contributed by atoms with Gasteiger partial charge in [-0.25, -0.2) is 9.78 Å². The zero-order chi connectivity index (χ0) is 27.7. The Bertz CT molecular complexity index is 1420. The number of hydrogen-bond donors (Lipinski definition) is 2. The van der Waals surface area contributed by atoms with Crippen LogP contribution in [0.3, 0.4) is 0 Å². The van der Waals surface area contributed by atoms with E-state index < -0.39 is 17.5 Å². The highest BCUT2D eigenvalue weighted by Gasteiger charge is 2.24. The number of ether oxygens (including phenoxy) is 3. The standard InChI is InChI=1S/C27H27N5O6/c1-5-38-26(34)22(32-37-4)23(33)18-9-6-16(7-10-18)8-11-19-12-17(14-21(35-2)24(19)36-3)13-20-15-30-27(29)31-25(20)28/h6-7,9-10,12,14-15H,5,13H2,1-4H3,(H4,28,29,30,31). The second-order valence-electron chi connectivity index (χ2n) is 7.69. The largest absolute Gasteiger partial charge is 0.493 e. The smallest absolute Gasteiger partial charge is 0.364 e. The van der Waals surface area contributed by atoms with E-state index in [1.807, 2.05) is 12.1 Å². The van der Waals surface area contributed by atoms with E-state index in [2.05, 4.69) is 31.8 Å². The number of Topliss-reactive ketones (excluding diaryl/α,β-unsaturated/α-hetero) is 1. The van der Waals surface area contributed by atoms with E-state index in [-0.39, 0.29) is 23.9 Å². The Morgan fingerprint density at radius 1 is 1.03 bits per heavy atom. The van der Waals surface area contributed by atoms with Gasteiger partial charge in [-0.15, -0.1) is 0 Å². The molecule has 0 aliphatic carbocycles. The van der Waals surface area contributed by atoms with Crippen LogP contribution in [0.5, 0.6) is 11.5 Å². The third-order valence-corrected chi connectivity index (χ3v) is 5.20. The molecule has 0 fully saturated rings. The number of hydrogen-bond acceptors (Lipinski definition) is 11. The van der Waals surface area contributed by atoms with Crippen LogP contribution in [0, 0.1) is 11.8 Å². The Morgan fingerprint density at radius 3 is 2.37 bits per heavy atom. The van der Waals surface area contributed by atoms with Gasteiger partial charge in [0, 0.05) is 29.3 Å². The average Bonchev–Trinajstić information content (AvgIpc) is 2.91. The molecule has 4 N–H and O–H groups in total. The van der Waals surface area contributed by atoms with E-state index in [0.29, 0.717) is 34.6 Å². The van der Waals surface area contributed by atoms with Crippen LogP contribution < -0.4 is 20.9 Å². The van der Waals surface area contributed by atoms with Gasteiger partial charge in [-0.1, -0.05) is 17.0 Å². The zero-order valence-electron chi connectivity index (χ0n) is 21.4. The first-order valence-corrected chi connectivity index (χ1v) is 11.4. The summed E-state index contributed by atoms with van der Waals surface area (Å²) in [6.07, 6.45) is 2.00. The van der Waals surface area contributed by atoms with Gasteiger partial charge in [0.2, 0.25) is 17.4 Å². The summed E-state index contributed by atoms with van der Waals surface area (Å²) in [5, 5.41) is 3.52. The molecule has 0 aliphatic heterocycles. The molecule has 38 heavy (non-hydrogen) atoms. The second kappa shape index (κ2) is 12.7. The minimum atomic E-state index is -0.864. The van der Waals surface area contributed by atoms with E-state index >= 15 is 0 Å². The number of carbonyl (C=O) groups is 2. The summed E-state index contributed by atoms with van der Waals surface area (Å²) in [4.78, 5) is 37.4. The van der Waals surface area contributed by atoms with E-state index in [1.165, 1.54) is 33.5 Å². The molecule has 0 spiro atoms. The molecule has 3 rings (SSSR count). The highest BCUT2D eigenvalue weighted by Crippen LogP contribution is 2.33. The van der Waals surface area contributed by atoms with Crippen LogP contribution in [0.4, 0.5) is 11.8 Å². The van der Waals surface area contributed by atoms with Crippen LogP contribution in [0.25, 0.3) is 0 Å². The van der Waals surface area contributed by atoms with Crippen LogP contribution in [0.2, 0.25) is 0 Å². The molecule has 1 heterocycles. The quantitative estimate of drug-likeness (QED) is 0.108. The number of benzene rings is 2. The number of anilines is 2. The first-order valence-electron chi connectivity index (χ1n) is 11.4. The van der Waals surface area contributed by atoms with Crippen LogP contribution in [-0.2, 0) is 20.8 Å². The molecule has 0 amide bonds. The summed E-state index contributed by atoms with van der Waals surface area (Å²) in [5.74, 6) is 5.99. The molecule has 0 saturated carbocycles. The van der Waals surface area contributed by atoms with Crippen molar-refractivity contribution in [1.29, 1.82) is 0 Å². The molecule has 1 aromatic heterocycles. The van der Waals surface area contributed by atoms with E-state index in [9.17, 15) is 9.59 Å². The SMILES string of the molecule is CCOC(=O)C(=NOC)C(=O)c1ccc(C#Cc2cc(Cc3cnc(N)nc3N)cc(OC)c2OC)cc1. The minimum Gasteiger partial charge on any atom is -0.493 e. The van der Waals surface area contributed by atoms with Crippen LogP contribution >= 0.6 is 0 Å². The summed E-state index contributed by atoms with van der Waals surface area (Å²) >= 11 is 0. The molecule has 0 atom stereocenters. The minimum absolute atomic E-state index is 0.0972. The van der Waals surface area contributed by atoms with Crippen LogP contribution in [0.1, 0.15) is 39.5 Å². The van der Waals surface area contributed by atoms with Gasteiger partial charge in [0.25, 0.3) is 0 Å². The summed E-state index contributed by atoms with van der Waals surface area (Å²) in [6.45, 7) is 1.72. The van der Waals surface area contributed by atoms with Crippen molar-refractivity contribution in [2.75, 3.05) is 39.4 Å². The monoisotopic (exact) mass is 517 g/mol. The zero-order valence-corrected chi connectivity index (χ0v) is 21.4. The lowest BCUT2D eigenvalue weighted by Crippen LogP contribution is -2.26. The molecule has 0 unspecified atom stereocenters. The maximum Gasteiger partial charge on any atom is 0.364 e. The van der Waals surface area contributed by atoms with Gasteiger partial charge in [0.05, 0.1) is 26.4 Å². The molecule has 11 heteroatoms. The van der Waals surface area contributed by atoms with Gasteiger partial charge >= 0.3 is 5.97 Å². The summed E-state index contributed by atoms with van der Waals surface area (Å²) < 4.78 is 15.9. The Hall–Kier alpha value is -5.11. The third kappa shape index (κ3) is 6.55. The molecule has 0 saturated heterocycles. The normalized spacial score (nSPS) is 10.7. The molecular weight excluding hydrogens is 490 g/mol. The van der Waals surface area contributed by atoms with Crippen molar-refractivity contribution in [3.63, 3.8) is 0 Å². The molecule has 0 radical (unpaired) electrons. The van der Waals surface area contributed by atoms with Gasteiger partial charge in [-0.2, -0.15) is 4.98 Å². The van der Waals surface area contributed by atoms with Gasteiger partial charge in [0.1, 0.15) is 12.9 Å². The van der Waals surface area contributed by atoms with Crippen molar-refractivity contribution in [2.45, 2.75) is 13.3 Å². The lowest BCUT2D eigenvalue weighted by molar-refractivity contribution is -0.135. The fourth-order valence-corrected chi connectivity index (χ4v) is 3.45. The fraction of sp³-hybridized carbons (Fsp3) is 0.222. The number of oxime groups is 1. The number of carbonyl (C=O) groups excluding carboxylic acids is 2. The van der Waals surface area contributed by atoms with Crippen LogP contribution in [-0.4, -0.2) is 55.4 Å². The summed E-state index contributed by atoms with van der Waals surface area (Å²) in [6, 6.07) is 10.0.